The molecule has 1 unspecified atom stereocenters. The van der Waals surface area contributed by atoms with E-state index < -0.39 is 0 Å². The molecule has 1 atom stereocenters. The number of benzene rings is 1. The van der Waals surface area contributed by atoms with Crippen molar-refractivity contribution < 1.29 is 4.74 Å². The van der Waals surface area contributed by atoms with Gasteiger partial charge in [0.2, 0.25) is 0 Å². The van der Waals surface area contributed by atoms with Crippen LogP contribution < -0.4 is 16.0 Å². The molecule has 0 saturated heterocycles. The summed E-state index contributed by atoms with van der Waals surface area (Å²) in [6.07, 6.45) is 2.06. The molecule has 0 amide bonds. The topological polar surface area (TPSA) is 62.9 Å². The SMILES string of the molecule is CCOCCCNC(N)=NCC(C)N1CCc2ccccc21.I. The third-order valence-corrected chi connectivity index (χ3v) is 3.96. The van der Waals surface area contributed by atoms with E-state index in [4.69, 9.17) is 10.5 Å². The van der Waals surface area contributed by atoms with Gasteiger partial charge in [0, 0.05) is 38.0 Å². The molecule has 3 N–H and O–H groups in total. The van der Waals surface area contributed by atoms with Crippen LogP contribution in [0.4, 0.5) is 5.69 Å². The van der Waals surface area contributed by atoms with E-state index in [0.717, 1.165) is 39.1 Å². The van der Waals surface area contributed by atoms with Gasteiger partial charge in [0.05, 0.1) is 6.54 Å². The first-order chi connectivity index (χ1) is 10.7. The number of para-hydroxylation sites is 1. The molecule has 130 valence electrons. The molecule has 0 bridgehead atoms. The average Bonchev–Trinajstić information content (AvgIpc) is 2.96. The van der Waals surface area contributed by atoms with Gasteiger partial charge in [-0.1, -0.05) is 18.2 Å². The molecular formula is C17H29IN4O. The van der Waals surface area contributed by atoms with Gasteiger partial charge in [-0.15, -0.1) is 24.0 Å². The monoisotopic (exact) mass is 432 g/mol. The summed E-state index contributed by atoms with van der Waals surface area (Å²) in [4.78, 5) is 6.88. The molecule has 5 nitrogen and oxygen atoms in total. The second-order valence-corrected chi connectivity index (χ2v) is 5.62. The molecule has 0 spiro atoms. The van der Waals surface area contributed by atoms with Crippen molar-refractivity contribution in [2.45, 2.75) is 32.7 Å². The molecular weight excluding hydrogens is 403 g/mol. The molecule has 0 saturated carbocycles. The van der Waals surface area contributed by atoms with Crippen molar-refractivity contribution in [3.05, 3.63) is 29.8 Å². The number of ether oxygens (including phenoxy) is 1. The lowest BCUT2D eigenvalue weighted by Gasteiger charge is -2.26. The molecule has 0 radical (unpaired) electrons. The summed E-state index contributed by atoms with van der Waals surface area (Å²) < 4.78 is 5.29. The Morgan fingerprint density at radius 1 is 1.43 bits per heavy atom. The van der Waals surface area contributed by atoms with Gasteiger partial charge >= 0.3 is 0 Å². The maximum atomic E-state index is 5.91. The van der Waals surface area contributed by atoms with Crippen molar-refractivity contribution in [1.82, 2.24) is 5.32 Å². The Kier molecular flexibility index (Phi) is 9.31. The zero-order chi connectivity index (χ0) is 15.8. The van der Waals surface area contributed by atoms with Crippen LogP contribution >= 0.6 is 24.0 Å². The normalized spacial score (nSPS) is 15.0. The number of rotatable bonds is 8. The van der Waals surface area contributed by atoms with Crippen molar-refractivity contribution >= 4 is 35.6 Å². The zero-order valence-corrected chi connectivity index (χ0v) is 16.5. The van der Waals surface area contributed by atoms with E-state index in [0.29, 0.717) is 18.5 Å². The fourth-order valence-corrected chi connectivity index (χ4v) is 2.74. The Hall–Kier alpha value is -1.02. The number of anilines is 1. The highest BCUT2D eigenvalue weighted by atomic mass is 127. The second-order valence-electron chi connectivity index (χ2n) is 5.62. The lowest BCUT2D eigenvalue weighted by Crippen LogP contribution is -2.37. The van der Waals surface area contributed by atoms with Gasteiger partial charge in [-0.25, -0.2) is 0 Å². The summed E-state index contributed by atoms with van der Waals surface area (Å²) in [6, 6.07) is 8.96. The van der Waals surface area contributed by atoms with Gasteiger partial charge < -0.3 is 20.7 Å². The second kappa shape index (κ2) is 10.7. The fourth-order valence-electron chi connectivity index (χ4n) is 2.74. The summed E-state index contributed by atoms with van der Waals surface area (Å²) in [6.45, 7) is 8.30. The number of halogens is 1. The number of nitrogens with two attached hydrogens (primary N) is 1. The molecule has 1 aromatic rings. The van der Waals surface area contributed by atoms with Crippen molar-refractivity contribution in [2.75, 3.05) is 37.7 Å². The summed E-state index contributed by atoms with van der Waals surface area (Å²) in [5.41, 5.74) is 8.68. The summed E-state index contributed by atoms with van der Waals surface area (Å²) >= 11 is 0. The number of fused-ring (bicyclic) bond motifs is 1. The van der Waals surface area contributed by atoms with Crippen molar-refractivity contribution in [2.24, 2.45) is 10.7 Å². The Morgan fingerprint density at radius 2 is 2.22 bits per heavy atom. The van der Waals surface area contributed by atoms with Gasteiger partial charge in [0.25, 0.3) is 0 Å². The van der Waals surface area contributed by atoms with E-state index in [1.165, 1.54) is 11.3 Å². The molecule has 0 aromatic heterocycles. The summed E-state index contributed by atoms with van der Waals surface area (Å²) in [7, 11) is 0. The first-order valence-corrected chi connectivity index (χ1v) is 8.18. The predicted molar refractivity (Wildman–Crippen MR) is 108 cm³/mol. The van der Waals surface area contributed by atoms with Crippen LogP contribution in [0.25, 0.3) is 0 Å². The fraction of sp³-hybridized carbons (Fsp3) is 0.588. The molecule has 1 aliphatic heterocycles. The standard InChI is InChI=1S/C17H28N4O.HI/c1-3-22-12-6-10-19-17(18)20-13-14(2)21-11-9-15-7-4-5-8-16(15)21;/h4-5,7-8,14H,3,6,9-13H2,1-2H3,(H3,18,19,20);1H. The van der Waals surface area contributed by atoms with Gasteiger partial charge in [0.15, 0.2) is 5.96 Å². The number of nitrogens with zero attached hydrogens (tertiary/aromatic N) is 2. The molecule has 6 heteroatoms. The maximum absolute atomic E-state index is 5.91. The van der Waals surface area contributed by atoms with Crippen LogP contribution in [0.5, 0.6) is 0 Å². The number of hydrogen-bond acceptors (Lipinski definition) is 3. The quantitative estimate of drug-likeness (QED) is 0.287. The Balaban J connectivity index is 0.00000264. The van der Waals surface area contributed by atoms with Crippen LogP contribution in [0, 0.1) is 0 Å². The highest BCUT2D eigenvalue weighted by Crippen LogP contribution is 2.29. The van der Waals surface area contributed by atoms with Gasteiger partial charge in [-0.2, -0.15) is 0 Å². The zero-order valence-electron chi connectivity index (χ0n) is 14.1. The van der Waals surface area contributed by atoms with E-state index in [2.05, 4.69) is 46.4 Å². The number of guanidine groups is 1. The van der Waals surface area contributed by atoms with E-state index in [-0.39, 0.29) is 24.0 Å². The van der Waals surface area contributed by atoms with Crippen LogP contribution in [0.1, 0.15) is 25.8 Å². The lowest BCUT2D eigenvalue weighted by atomic mass is 10.2. The molecule has 23 heavy (non-hydrogen) atoms. The van der Waals surface area contributed by atoms with Crippen LogP contribution in [-0.4, -0.2) is 44.8 Å². The number of aliphatic imine (C=N–C) groups is 1. The molecule has 0 aliphatic carbocycles. The molecule has 1 heterocycles. The highest BCUT2D eigenvalue weighted by molar-refractivity contribution is 14.0. The minimum absolute atomic E-state index is 0. The predicted octanol–water partition coefficient (Wildman–Crippen LogP) is 2.39. The highest BCUT2D eigenvalue weighted by Gasteiger charge is 2.22. The first-order valence-electron chi connectivity index (χ1n) is 8.18. The van der Waals surface area contributed by atoms with Crippen molar-refractivity contribution in [3.8, 4) is 0 Å². The Bertz CT molecular complexity index is 495. The van der Waals surface area contributed by atoms with E-state index in [9.17, 15) is 0 Å². The van der Waals surface area contributed by atoms with E-state index >= 15 is 0 Å². The smallest absolute Gasteiger partial charge is 0.188 e. The van der Waals surface area contributed by atoms with Crippen LogP contribution in [0.3, 0.4) is 0 Å². The molecule has 0 fully saturated rings. The maximum Gasteiger partial charge on any atom is 0.188 e. The van der Waals surface area contributed by atoms with Gasteiger partial charge in [0.1, 0.15) is 0 Å². The minimum atomic E-state index is 0. The van der Waals surface area contributed by atoms with Crippen LogP contribution in [0.15, 0.2) is 29.3 Å². The third kappa shape index (κ3) is 6.18. The summed E-state index contributed by atoms with van der Waals surface area (Å²) in [5, 5.41) is 3.14. The molecule has 2 rings (SSSR count). The van der Waals surface area contributed by atoms with Crippen molar-refractivity contribution in [3.63, 3.8) is 0 Å². The van der Waals surface area contributed by atoms with Crippen molar-refractivity contribution in [1.29, 1.82) is 0 Å². The van der Waals surface area contributed by atoms with Gasteiger partial charge in [-0.3, -0.25) is 4.99 Å². The van der Waals surface area contributed by atoms with E-state index in [1.807, 2.05) is 6.92 Å². The largest absolute Gasteiger partial charge is 0.382 e. The Labute approximate surface area is 156 Å². The number of hydrogen-bond donors (Lipinski definition) is 2. The Morgan fingerprint density at radius 3 is 3.00 bits per heavy atom. The minimum Gasteiger partial charge on any atom is -0.382 e. The molecule has 1 aliphatic rings. The van der Waals surface area contributed by atoms with Gasteiger partial charge in [-0.05, 0) is 38.3 Å². The first kappa shape index (κ1) is 20.0. The number of nitrogens with one attached hydrogen (secondary N) is 1. The summed E-state index contributed by atoms with van der Waals surface area (Å²) in [5.74, 6) is 0.524. The molecule has 1 aromatic carbocycles. The average molecular weight is 432 g/mol. The van der Waals surface area contributed by atoms with Crippen LogP contribution in [-0.2, 0) is 11.2 Å². The third-order valence-electron chi connectivity index (χ3n) is 3.96. The van der Waals surface area contributed by atoms with Crippen LogP contribution in [0.2, 0.25) is 0 Å². The lowest BCUT2D eigenvalue weighted by molar-refractivity contribution is 0.145. The van der Waals surface area contributed by atoms with E-state index in [1.54, 1.807) is 0 Å².